The summed E-state index contributed by atoms with van der Waals surface area (Å²) in [6, 6.07) is 9.83. The zero-order valence-corrected chi connectivity index (χ0v) is 9.36. The molecule has 0 bridgehead atoms. The van der Waals surface area contributed by atoms with Crippen molar-refractivity contribution in [1.29, 1.82) is 0 Å². The van der Waals surface area contributed by atoms with Crippen LogP contribution in [-0.2, 0) is 11.2 Å². The monoisotopic (exact) mass is 218 g/mol. The van der Waals surface area contributed by atoms with Gasteiger partial charge in [0.15, 0.2) is 0 Å². The summed E-state index contributed by atoms with van der Waals surface area (Å²) >= 11 is 0. The molecule has 0 aromatic heterocycles. The minimum atomic E-state index is -0.428. The van der Waals surface area contributed by atoms with Gasteiger partial charge in [0.25, 0.3) is 0 Å². The van der Waals surface area contributed by atoms with Crippen molar-refractivity contribution in [2.75, 3.05) is 0 Å². The second-order valence-corrected chi connectivity index (χ2v) is 4.43. The molecule has 1 amide bonds. The number of hydrogen-bond donors (Lipinski definition) is 2. The Morgan fingerprint density at radius 1 is 1.38 bits per heavy atom. The van der Waals surface area contributed by atoms with Crippen LogP contribution in [0.5, 0.6) is 0 Å². The summed E-state index contributed by atoms with van der Waals surface area (Å²) < 4.78 is 0. The van der Waals surface area contributed by atoms with E-state index in [1.165, 1.54) is 6.42 Å². The van der Waals surface area contributed by atoms with Crippen molar-refractivity contribution < 1.29 is 4.79 Å². The van der Waals surface area contributed by atoms with E-state index < -0.39 is 6.04 Å². The molecule has 3 nitrogen and oxygen atoms in total. The van der Waals surface area contributed by atoms with Crippen LogP contribution in [0.15, 0.2) is 30.3 Å². The fourth-order valence-electron chi connectivity index (χ4n) is 1.82. The van der Waals surface area contributed by atoms with E-state index in [1.54, 1.807) is 0 Å². The molecule has 1 aliphatic carbocycles. The average molecular weight is 218 g/mol. The summed E-state index contributed by atoms with van der Waals surface area (Å²) in [6.45, 7) is 0. The molecule has 0 saturated heterocycles. The van der Waals surface area contributed by atoms with Crippen LogP contribution in [0.25, 0.3) is 0 Å². The zero-order valence-electron chi connectivity index (χ0n) is 9.36. The van der Waals surface area contributed by atoms with E-state index in [0.29, 0.717) is 12.5 Å². The third kappa shape index (κ3) is 2.83. The van der Waals surface area contributed by atoms with Crippen molar-refractivity contribution in [2.45, 2.75) is 37.8 Å². The van der Waals surface area contributed by atoms with Gasteiger partial charge in [-0.15, -0.1) is 0 Å². The van der Waals surface area contributed by atoms with Gasteiger partial charge in [0.1, 0.15) is 0 Å². The number of rotatable bonds is 4. The molecule has 1 fully saturated rings. The minimum Gasteiger partial charge on any atom is -0.352 e. The average Bonchev–Trinajstić information content (AvgIpc) is 2.24. The lowest BCUT2D eigenvalue weighted by Crippen LogP contribution is -2.48. The fourth-order valence-corrected chi connectivity index (χ4v) is 1.82. The maximum Gasteiger partial charge on any atom is 0.237 e. The Bertz CT molecular complexity index is 346. The van der Waals surface area contributed by atoms with Crippen LogP contribution in [-0.4, -0.2) is 18.0 Å². The Balaban J connectivity index is 1.82. The predicted octanol–water partition coefficient (Wildman–Crippen LogP) is 1.23. The van der Waals surface area contributed by atoms with E-state index >= 15 is 0 Å². The molecule has 0 heterocycles. The summed E-state index contributed by atoms with van der Waals surface area (Å²) in [5.74, 6) is -0.0199. The predicted molar refractivity (Wildman–Crippen MR) is 63.9 cm³/mol. The van der Waals surface area contributed by atoms with Crippen LogP contribution in [0.4, 0.5) is 0 Å². The standard InChI is InChI=1S/C13H18N2O/c14-12(9-10-5-2-1-3-6-10)13(16)15-11-7-4-8-11/h1-3,5-6,11-12H,4,7-9,14H2,(H,15,16). The fraction of sp³-hybridized carbons (Fsp3) is 0.462. The van der Waals surface area contributed by atoms with E-state index in [1.807, 2.05) is 30.3 Å². The summed E-state index contributed by atoms with van der Waals surface area (Å²) in [5, 5.41) is 2.97. The molecule has 1 aliphatic rings. The number of amides is 1. The third-order valence-electron chi connectivity index (χ3n) is 3.09. The number of carbonyl (C=O) groups is 1. The van der Waals surface area contributed by atoms with Gasteiger partial charge in [-0.2, -0.15) is 0 Å². The highest BCUT2D eigenvalue weighted by molar-refractivity contribution is 5.82. The zero-order chi connectivity index (χ0) is 11.4. The molecule has 1 saturated carbocycles. The highest BCUT2D eigenvalue weighted by Crippen LogP contribution is 2.18. The first-order valence-corrected chi connectivity index (χ1v) is 5.85. The highest BCUT2D eigenvalue weighted by atomic mass is 16.2. The van der Waals surface area contributed by atoms with Gasteiger partial charge in [-0.1, -0.05) is 30.3 Å². The second-order valence-electron chi connectivity index (χ2n) is 4.43. The molecule has 0 radical (unpaired) electrons. The first-order chi connectivity index (χ1) is 7.75. The first kappa shape index (κ1) is 11.1. The van der Waals surface area contributed by atoms with Gasteiger partial charge >= 0.3 is 0 Å². The number of carbonyl (C=O) groups excluding carboxylic acids is 1. The lowest BCUT2D eigenvalue weighted by molar-refractivity contribution is -0.123. The number of hydrogen-bond acceptors (Lipinski definition) is 2. The van der Waals surface area contributed by atoms with Gasteiger partial charge in [0.05, 0.1) is 6.04 Å². The normalized spacial score (nSPS) is 17.6. The molecule has 1 atom stereocenters. The molecule has 3 N–H and O–H groups in total. The molecule has 16 heavy (non-hydrogen) atoms. The summed E-state index contributed by atoms with van der Waals surface area (Å²) in [5.41, 5.74) is 6.97. The van der Waals surface area contributed by atoms with Crippen LogP contribution in [0.1, 0.15) is 24.8 Å². The van der Waals surface area contributed by atoms with Crippen molar-refractivity contribution in [2.24, 2.45) is 5.73 Å². The molecule has 86 valence electrons. The van der Waals surface area contributed by atoms with Crippen molar-refractivity contribution in [3.63, 3.8) is 0 Å². The van der Waals surface area contributed by atoms with Crippen molar-refractivity contribution in [3.05, 3.63) is 35.9 Å². The smallest absolute Gasteiger partial charge is 0.237 e. The Morgan fingerprint density at radius 2 is 2.06 bits per heavy atom. The van der Waals surface area contributed by atoms with Gasteiger partial charge in [-0.25, -0.2) is 0 Å². The Hall–Kier alpha value is -1.35. The van der Waals surface area contributed by atoms with Crippen LogP contribution in [0.3, 0.4) is 0 Å². The largest absolute Gasteiger partial charge is 0.352 e. The Morgan fingerprint density at radius 3 is 2.62 bits per heavy atom. The quantitative estimate of drug-likeness (QED) is 0.798. The summed E-state index contributed by atoms with van der Waals surface area (Å²) in [7, 11) is 0. The van der Waals surface area contributed by atoms with Crippen LogP contribution < -0.4 is 11.1 Å². The maximum absolute atomic E-state index is 11.7. The van der Waals surface area contributed by atoms with E-state index in [-0.39, 0.29) is 5.91 Å². The van der Waals surface area contributed by atoms with Gasteiger partial charge in [-0.05, 0) is 31.2 Å². The van der Waals surface area contributed by atoms with E-state index in [2.05, 4.69) is 5.32 Å². The molecule has 0 spiro atoms. The third-order valence-corrected chi connectivity index (χ3v) is 3.09. The van der Waals surface area contributed by atoms with E-state index in [0.717, 1.165) is 18.4 Å². The SMILES string of the molecule is NC(Cc1ccccc1)C(=O)NC1CCC1. The number of benzene rings is 1. The lowest BCUT2D eigenvalue weighted by atomic mass is 9.92. The number of nitrogens with one attached hydrogen (secondary N) is 1. The van der Waals surface area contributed by atoms with Crippen molar-refractivity contribution >= 4 is 5.91 Å². The Labute approximate surface area is 96.0 Å². The van der Waals surface area contributed by atoms with Crippen molar-refractivity contribution in [3.8, 4) is 0 Å². The van der Waals surface area contributed by atoms with E-state index in [4.69, 9.17) is 5.73 Å². The van der Waals surface area contributed by atoms with Crippen LogP contribution in [0.2, 0.25) is 0 Å². The van der Waals surface area contributed by atoms with Gasteiger partial charge < -0.3 is 11.1 Å². The molecule has 3 heteroatoms. The number of nitrogens with two attached hydrogens (primary N) is 1. The maximum atomic E-state index is 11.7. The van der Waals surface area contributed by atoms with Gasteiger partial charge in [-0.3, -0.25) is 4.79 Å². The second kappa shape index (κ2) is 5.12. The molecular formula is C13H18N2O. The molecule has 1 unspecified atom stereocenters. The minimum absolute atomic E-state index is 0.0199. The lowest BCUT2D eigenvalue weighted by Gasteiger charge is -2.27. The molecule has 1 aromatic carbocycles. The van der Waals surface area contributed by atoms with Crippen LogP contribution in [0, 0.1) is 0 Å². The van der Waals surface area contributed by atoms with Gasteiger partial charge in [0, 0.05) is 6.04 Å². The van der Waals surface area contributed by atoms with E-state index in [9.17, 15) is 4.79 Å². The topological polar surface area (TPSA) is 55.1 Å². The molecule has 1 aromatic rings. The van der Waals surface area contributed by atoms with Gasteiger partial charge in [0.2, 0.25) is 5.91 Å². The summed E-state index contributed by atoms with van der Waals surface area (Å²) in [4.78, 5) is 11.7. The molecule has 0 aliphatic heterocycles. The highest BCUT2D eigenvalue weighted by Gasteiger charge is 2.22. The summed E-state index contributed by atoms with van der Waals surface area (Å²) in [6.07, 6.45) is 4.03. The first-order valence-electron chi connectivity index (χ1n) is 5.85. The molecule has 2 rings (SSSR count). The van der Waals surface area contributed by atoms with Crippen LogP contribution >= 0.6 is 0 Å². The Kier molecular flexibility index (Phi) is 3.57. The van der Waals surface area contributed by atoms with Crippen molar-refractivity contribution in [1.82, 2.24) is 5.32 Å². The molecular weight excluding hydrogens is 200 g/mol.